The van der Waals surface area contributed by atoms with Crippen molar-refractivity contribution in [3.05, 3.63) is 22.8 Å². The van der Waals surface area contributed by atoms with Gasteiger partial charge in [0.25, 0.3) is 0 Å². The predicted octanol–water partition coefficient (Wildman–Crippen LogP) is 3.41. The SMILES string of the molecule is CC1CC(C)(C)C2=C1C=C(C(=O)C(C)(C)O)CC2. The lowest BCUT2D eigenvalue weighted by Crippen LogP contribution is -2.33. The monoisotopic (exact) mass is 248 g/mol. The van der Waals surface area contributed by atoms with Crippen molar-refractivity contribution >= 4 is 5.78 Å². The molecule has 2 nitrogen and oxygen atoms in total. The first-order valence-electron chi connectivity index (χ1n) is 6.84. The molecule has 0 radical (unpaired) electrons. The molecule has 0 aliphatic heterocycles. The van der Waals surface area contributed by atoms with Crippen LogP contribution in [0.2, 0.25) is 0 Å². The maximum atomic E-state index is 12.1. The highest BCUT2D eigenvalue weighted by molar-refractivity contribution is 6.01. The van der Waals surface area contributed by atoms with Crippen LogP contribution in [0.15, 0.2) is 22.8 Å². The van der Waals surface area contributed by atoms with Crippen molar-refractivity contribution in [2.24, 2.45) is 11.3 Å². The third-order valence-electron chi connectivity index (χ3n) is 4.33. The van der Waals surface area contributed by atoms with Crippen LogP contribution in [0.25, 0.3) is 0 Å². The Morgan fingerprint density at radius 1 is 1.39 bits per heavy atom. The van der Waals surface area contributed by atoms with Crippen molar-refractivity contribution in [1.29, 1.82) is 0 Å². The highest BCUT2D eigenvalue weighted by atomic mass is 16.3. The molecule has 0 aromatic rings. The minimum atomic E-state index is -1.25. The molecule has 2 rings (SSSR count). The highest BCUT2D eigenvalue weighted by Crippen LogP contribution is 2.50. The van der Waals surface area contributed by atoms with Crippen LogP contribution in [0.1, 0.15) is 53.9 Å². The quantitative estimate of drug-likeness (QED) is 0.813. The number of hydrogen-bond donors (Lipinski definition) is 1. The molecule has 2 heteroatoms. The number of aliphatic hydroxyl groups is 1. The molecule has 0 saturated carbocycles. The van der Waals surface area contributed by atoms with Gasteiger partial charge in [-0.3, -0.25) is 4.79 Å². The summed E-state index contributed by atoms with van der Waals surface area (Å²) in [5, 5.41) is 9.84. The zero-order valence-electron chi connectivity index (χ0n) is 12.1. The molecule has 0 saturated heterocycles. The molecule has 18 heavy (non-hydrogen) atoms. The van der Waals surface area contributed by atoms with Gasteiger partial charge in [-0.15, -0.1) is 0 Å². The maximum Gasteiger partial charge on any atom is 0.189 e. The van der Waals surface area contributed by atoms with E-state index in [4.69, 9.17) is 0 Å². The molecule has 0 bridgehead atoms. The first kappa shape index (κ1) is 13.5. The number of rotatable bonds is 2. The number of allylic oxidation sites excluding steroid dienone is 3. The van der Waals surface area contributed by atoms with E-state index in [-0.39, 0.29) is 11.2 Å². The molecule has 0 aromatic heterocycles. The van der Waals surface area contributed by atoms with E-state index in [0.717, 1.165) is 24.8 Å². The topological polar surface area (TPSA) is 37.3 Å². The van der Waals surface area contributed by atoms with E-state index >= 15 is 0 Å². The summed E-state index contributed by atoms with van der Waals surface area (Å²) >= 11 is 0. The molecular formula is C16H24O2. The van der Waals surface area contributed by atoms with Crippen LogP contribution in [-0.2, 0) is 4.79 Å². The van der Waals surface area contributed by atoms with E-state index in [9.17, 15) is 9.90 Å². The Labute approximate surface area is 110 Å². The second-order valence-corrected chi connectivity index (χ2v) is 6.98. The fraction of sp³-hybridized carbons (Fsp3) is 0.688. The van der Waals surface area contributed by atoms with E-state index in [0.29, 0.717) is 5.92 Å². The Morgan fingerprint density at radius 3 is 2.56 bits per heavy atom. The van der Waals surface area contributed by atoms with Crippen LogP contribution < -0.4 is 0 Å². The lowest BCUT2D eigenvalue weighted by molar-refractivity contribution is -0.130. The molecule has 1 atom stereocenters. The third-order valence-corrected chi connectivity index (χ3v) is 4.33. The Morgan fingerprint density at radius 2 is 2.00 bits per heavy atom. The van der Waals surface area contributed by atoms with Gasteiger partial charge in [-0.25, -0.2) is 0 Å². The van der Waals surface area contributed by atoms with Crippen molar-refractivity contribution in [3.63, 3.8) is 0 Å². The van der Waals surface area contributed by atoms with Gasteiger partial charge < -0.3 is 5.11 Å². The predicted molar refractivity (Wildman–Crippen MR) is 73.2 cm³/mol. The third kappa shape index (κ3) is 2.18. The van der Waals surface area contributed by atoms with Crippen LogP contribution in [0.4, 0.5) is 0 Å². The number of hydrogen-bond acceptors (Lipinski definition) is 2. The summed E-state index contributed by atoms with van der Waals surface area (Å²) in [6, 6.07) is 0. The zero-order chi connectivity index (χ0) is 13.7. The fourth-order valence-electron chi connectivity index (χ4n) is 3.49. The van der Waals surface area contributed by atoms with Crippen LogP contribution in [0.3, 0.4) is 0 Å². The Balaban J connectivity index is 2.36. The van der Waals surface area contributed by atoms with E-state index < -0.39 is 5.60 Å². The summed E-state index contributed by atoms with van der Waals surface area (Å²) in [6.45, 7) is 9.97. The van der Waals surface area contributed by atoms with E-state index in [1.54, 1.807) is 13.8 Å². The summed E-state index contributed by atoms with van der Waals surface area (Å²) in [4.78, 5) is 12.1. The number of Topliss-reactive ketones (excluding diaryl/α,β-unsaturated/α-hetero) is 1. The maximum absolute atomic E-state index is 12.1. The second-order valence-electron chi connectivity index (χ2n) is 6.98. The van der Waals surface area contributed by atoms with Gasteiger partial charge in [-0.2, -0.15) is 0 Å². The van der Waals surface area contributed by atoms with Crippen molar-refractivity contribution < 1.29 is 9.90 Å². The Hall–Kier alpha value is -0.890. The summed E-state index contributed by atoms with van der Waals surface area (Å²) < 4.78 is 0. The fourth-order valence-corrected chi connectivity index (χ4v) is 3.49. The lowest BCUT2D eigenvalue weighted by atomic mass is 9.79. The van der Waals surface area contributed by atoms with E-state index in [1.165, 1.54) is 11.1 Å². The number of carbonyl (C=O) groups is 1. The molecule has 2 aliphatic rings. The van der Waals surface area contributed by atoms with Crippen molar-refractivity contribution in [1.82, 2.24) is 0 Å². The first-order valence-corrected chi connectivity index (χ1v) is 6.84. The molecule has 0 amide bonds. The standard InChI is InChI=1S/C16H24O2/c1-10-9-15(2,3)13-7-6-11(8-12(10)13)14(17)16(4,5)18/h8,10,18H,6-7,9H2,1-5H3. The van der Waals surface area contributed by atoms with Crippen molar-refractivity contribution in [2.75, 3.05) is 0 Å². The van der Waals surface area contributed by atoms with Gasteiger partial charge in [0.15, 0.2) is 5.78 Å². The normalized spacial score (nSPS) is 27.0. The van der Waals surface area contributed by atoms with E-state index in [1.807, 2.05) is 0 Å². The van der Waals surface area contributed by atoms with Crippen LogP contribution in [0, 0.1) is 11.3 Å². The highest BCUT2D eigenvalue weighted by Gasteiger charge is 2.39. The average molecular weight is 248 g/mol. The van der Waals surface area contributed by atoms with Gasteiger partial charge in [0.05, 0.1) is 0 Å². The van der Waals surface area contributed by atoms with Gasteiger partial charge in [0.1, 0.15) is 5.60 Å². The summed E-state index contributed by atoms with van der Waals surface area (Å²) in [7, 11) is 0. The van der Waals surface area contributed by atoms with Crippen molar-refractivity contribution in [3.8, 4) is 0 Å². The smallest absolute Gasteiger partial charge is 0.189 e. The largest absolute Gasteiger partial charge is 0.382 e. The minimum Gasteiger partial charge on any atom is -0.382 e. The van der Waals surface area contributed by atoms with E-state index in [2.05, 4.69) is 26.8 Å². The second kappa shape index (κ2) is 4.06. The molecule has 1 unspecified atom stereocenters. The van der Waals surface area contributed by atoms with Gasteiger partial charge >= 0.3 is 0 Å². The zero-order valence-corrected chi connectivity index (χ0v) is 12.1. The summed E-state index contributed by atoms with van der Waals surface area (Å²) in [6.07, 6.45) is 4.97. The first-order chi connectivity index (χ1) is 8.13. The van der Waals surface area contributed by atoms with Gasteiger partial charge in [0.2, 0.25) is 0 Å². The summed E-state index contributed by atoms with van der Waals surface area (Å²) in [5.41, 5.74) is 2.68. The minimum absolute atomic E-state index is 0.119. The van der Waals surface area contributed by atoms with Crippen LogP contribution >= 0.6 is 0 Å². The molecule has 100 valence electrons. The number of ketones is 1. The number of carbonyl (C=O) groups excluding carboxylic acids is 1. The molecule has 1 N–H and O–H groups in total. The molecular weight excluding hydrogens is 224 g/mol. The van der Waals surface area contributed by atoms with Crippen LogP contribution in [0.5, 0.6) is 0 Å². The molecule has 0 heterocycles. The van der Waals surface area contributed by atoms with Crippen molar-refractivity contribution in [2.45, 2.75) is 59.5 Å². The van der Waals surface area contributed by atoms with Crippen LogP contribution in [-0.4, -0.2) is 16.5 Å². The molecule has 0 fully saturated rings. The molecule has 0 aromatic carbocycles. The molecule has 0 spiro atoms. The van der Waals surface area contributed by atoms with Gasteiger partial charge in [0, 0.05) is 0 Å². The van der Waals surface area contributed by atoms with Gasteiger partial charge in [-0.05, 0) is 55.6 Å². The average Bonchev–Trinajstić information content (AvgIpc) is 2.47. The Kier molecular flexibility index (Phi) is 3.05. The lowest BCUT2D eigenvalue weighted by Gasteiger charge is -2.26. The Bertz CT molecular complexity index is 444. The summed E-state index contributed by atoms with van der Waals surface area (Å²) in [5.74, 6) is 0.408. The van der Waals surface area contributed by atoms with Gasteiger partial charge in [-0.1, -0.05) is 32.4 Å². The molecule has 2 aliphatic carbocycles.